The van der Waals surface area contributed by atoms with Crippen molar-refractivity contribution in [2.75, 3.05) is 6.79 Å². The van der Waals surface area contributed by atoms with Crippen LogP contribution < -0.4 is 18.9 Å². The molecule has 0 unspecified atom stereocenters. The van der Waals surface area contributed by atoms with Crippen LogP contribution in [0.4, 0.5) is 0 Å². The highest BCUT2D eigenvalue weighted by molar-refractivity contribution is 5.72. The number of fused-ring (bicyclic) bond motifs is 1. The maximum Gasteiger partial charge on any atom is 0.231 e. The largest absolute Gasteiger partial charge is 0.489 e. The Bertz CT molecular complexity index is 1170. The van der Waals surface area contributed by atoms with E-state index in [2.05, 4.69) is 24.3 Å². The van der Waals surface area contributed by atoms with Crippen LogP contribution in [-0.4, -0.2) is 6.79 Å². The number of benzene rings is 4. The molecule has 0 bridgehead atoms. The fourth-order valence-electron chi connectivity index (χ4n) is 3.55. The molecule has 0 amide bonds. The molecule has 1 aliphatic heterocycles. The van der Waals surface area contributed by atoms with Gasteiger partial charge in [0.2, 0.25) is 6.79 Å². The highest BCUT2D eigenvalue weighted by atomic mass is 16.7. The van der Waals surface area contributed by atoms with Gasteiger partial charge in [0.15, 0.2) is 11.5 Å². The van der Waals surface area contributed by atoms with Crippen molar-refractivity contribution in [1.29, 1.82) is 0 Å². The van der Waals surface area contributed by atoms with E-state index in [4.69, 9.17) is 18.9 Å². The summed E-state index contributed by atoms with van der Waals surface area (Å²) in [5.41, 5.74) is 4.25. The Kier molecular flexibility index (Phi) is 6.25. The summed E-state index contributed by atoms with van der Waals surface area (Å²) >= 11 is 0. The monoisotopic (exact) mass is 436 g/mol. The van der Waals surface area contributed by atoms with E-state index in [0.717, 1.165) is 45.3 Å². The minimum absolute atomic E-state index is 0.269. The second-order valence-electron chi connectivity index (χ2n) is 7.73. The Balaban J connectivity index is 1.36. The van der Waals surface area contributed by atoms with Crippen molar-refractivity contribution in [2.45, 2.75) is 13.2 Å². The molecule has 164 valence electrons. The van der Waals surface area contributed by atoms with Crippen LogP contribution in [0.2, 0.25) is 0 Å². The summed E-state index contributed by atoms with van der Waals surface area (Å²) < 4.78 is 23.1. The van der Waals surface area contributed by atoms with Gasteiger partial charge in [-0.05, 0) is 46.5 Å². The Hall–Kier alpha value is -4.18. The lowest BCUT2D eigenvalue weighted by Gasteiger charge is -2.12. The molecular formula is C29H24O4. The van der Waals surface area contributed by atoms with Crippen LogP contribution in [0, 0.1) is 0 Å². The molecule has 4 nitrogen and oxygen atoms in total. The predicted octanol–water partition coefficient (Wildman–Crippen LogP) is 6.74. The van der Waals surface area contributed by atoms with Gasteiger partial charge in [-0.2, -0.15) is 0 Å². The molecule has 0 aromatic heterocycles. The molecule has 5 rings (SSSR count). The Labute approximate surface area is 193 Å². The molecule has 0 N–H and O–H groups in total. The van der Waals surface area contributed by atoms with Gasteiger partial charge in [-0.3, -0.25) is 0 Å². The van der Waals surface area contributed by atoms with Crippen LogP contribution in [0.1, 0.15) is 22.3 Å². The lowest BCUT2D eigenvalue weighted by atomic mass is 10.1. The van der Waals surface area contributed by atoms with E-state index in [1.165, 1.54) is 0 Å². The van der Waals surface area contributed by atoms with Gasteiger partial charge in [-0.15, -0.1) is 0 Å². The van der Waals surface area contributed by atoms with Gasteiger partial charge in [0.25, 0.3) is 0 Å². The molecule has 4 aromatic carbocycles. The summed E-state index contributed by atoms with van der Waals surface area (Å²) in [4.78, 5) is 0. The molecule has 0 spiro atoms. The molecular weight excluding hydrogens is 412 g/mol. The Morgan fingerprint density at radius 3 is 1.79 bits per heavy atom. The van der Waals surface area contributed by atoms with Gasteiger partial charge >= 0.3 is 0 Å². The highest BCUT2D eigenvalue weighted by Crippen LogP contribution is 2.33. The summed E-state index contributed by atoms with van der Waals surface area (Å²) in [5, 5.41) is 0. The third-order valence-electron chi connectivity index (χ3n) is 5.26. The van der Waals surface area contributed by atoms with Gasteiger partial charge in [0, 0.05) is 6.07 Å². The van der Waals surface area contributed by atoms with E-state index in [1.807, 2.05) is 84.9 Å². The maximum absolute atomic E-state index is 6.09. The van der Waals surface area contributed by atoms with Crippen molar-refractivity contribution in [1.82, 2.24) is 0 Å². The van der Waals surface area contributed by atoms with Crippen molar-refractivity contribution in [3.8, 4) is 23.0 Å². The van der Waals surface area contributed by atoms with E-state index in [1.54, 1.807) is 0 Å². The third kappa shape index (κ3) is 5.55. The number of hydrogen-bond donors (Lipinski definition) is 0. The first kappa shape index (κ1) is 20.7. The predicted molar refractivity (Wildman–Crippen MR) is 129 cm³/mol. The first-order chi connectivity index (χ1) is 16.3. The summed E-state index contributed by atoms with van der Waals surface area (Å²) in [7, 11) is 0. The molecule has 0 atom stereocenters. The fraction of sp³-hybridized carbons (Fsp3) is 0.103. The van der Waals surface area contributed by atoms with Gasteiger partial charge in [0.1, 0.15) is 24.7 Å². The van der Waals surface area contributed by atoms with E-state index in [9.17, 15) is 0 Å². The minimum atomic E-state index is 0.269. The second kappa shape index (κ2) is 9.96. The van der Waals surface area contributed by atoms with Crippen LogP contribution >= 0.6 is 0 Å². The summed E-state index contributed by atoms with van der Waals surface area (Å²) in [6, 6.07) is 32.1. The van der Waals surface area contributed by atoms with E-state index in [-0.39, 0.29) is 6.79 Å². The third-order valence-corrected chi connectivity index (χ3v) is 5.26. The number of hydrogen-bond acceptors (Lipinski definition) is 4. The minimum Gasteiger partial charge on any atom is -0.489 e. The van der Waals surface area contributed by atoms with Gasteiger partial charge in [-0.25, -0.2) is 0 Å². The maximum atomic E-state index is 6.09. The average molecular weight is 437 g/mol. The zero-order chi connectivity index (χ0) is 22.3. The zero-order valence-electron chi connectivity index (χ0n) is 18.1. The standard InChI is InChI=1S/C29H24O4/c1-3-7-23(8-4-1)19-30-26-15-25(12-11-22-13-14-28-29(17-22)33-21-32-28)16-27(18-26)31-20-24-9-5-2-6-10-24/h1-18H,19-21H2/b12-11+. The SMILES string of the molecule is C(=C\c1ccc2c(c1)OCO2)/c1cc(OCc2ccccc2)cc(OCc2ccccc2)c1. The number of rotatable bonds is 8. The van der Waals surface area contributed by atoms with Crippen LogP contribution in [0.25, 0.3) is 12.2 Å². The van der Waals surface area contributed by atoms with Crippen molar-refractivity contribution in [2.24, 2.45) is 0 Å². The number of ether oxygens (including phenoxy) is 4. The first-order valence-corrected chi connectivity index (χ1v) is 10.9. The molecule has 0 radical (unpaired) electrons. The van der Waals surface area contributed by atoms with Crippen molar-refractivity contribution >= 4 is 12.2 Å². The quantitative estimate of drug-likeness (QED) is 0.287. The molecule has 4 aromatic rings. The highest BCUT2D eigenvalue weighted by Gasteiger charge is 2.12. The molecule has 0 saturated heterocycles. The summed E-state index contributed by atoms with van der Waals surface area (Å²) in [6.45, 7) is 1.26. The lowest BCUT2D eigenvalue weighted by molar-refractivity contribution is 0.174. The van der Waals surface area contributed by atoms with Crippen LogP contribution in [0.3, 0.4) is 0 Å². The molecule has 1 aliphatic rings. The van der Waals surface area contributed by atoms with E-state index in [0.29, 0.717) is 13.2 Å². The second-order valence-corrected chi connectivity index (χ2v) is 7.73. The summed E-state index contributed by atoms with van der Waals surface area (Å²) in [6.07, 6.45) is 4.08. The van der Waals surface area contributed by atoms with Crippen LogP contribution in [-0.2, 0) is 13.2 Å². The van der Waals surface area contributed by atoms with Crippen molar-refractivity contribution in [3.63, 3.8) is 0 Å². The molecule has 0 aliphatic carbocycles. The normalized spacial score (nSPS) is 12.1. The Morgan fingerprint density at radius 2 is 1.15 bits per heavy atom. The molecule has 1 heterocycles. The molecule has 0 saturated carbocycles. The fourth-order valence-corrected chi connectivity index (χ4v) is 3.55. The smallest absolute Gasteiger partial charge is 0.231 e. The lowest BCUT2D eigenvalue weighted by Crippen LogP contribution is -1.98. The Morgan fingerprint density at radius 1 is 0.576 bits per heavy atom. The first-order valence-electron chi connectivity index (χ1n) is 10.9. The molecule has 4 heteroatoms. The van der Waals surface area contributed by atoms with Crippen molar-refractivity contribution < 1.29 is 18.9 Å². The topological polar surface area (TPSA) is 36.9 Å². The zero-order valence-corrected chi connectivity index (χ0v) is 18.1. The average Bonchev–Trinajstić information content (AvgIpc) is 3.34. The van der Waals surface area contributed by atoms with Crippen LogP contribution in [0.5, 0.6) is 23.0 Å². The molecule has 33 heavy (non-hydrogen) atoms. The van der Waals surface area contributed by atoms with E-state index >= 15 is 0 Å². The van der Waals surface area contributed by atoms with Crippen LogP contribution in [0.15, 0.2) is 97.1 Å². The summed E-state index contributed by atoms with van der Waals surface area (Å²) in [5.74, 6) is 3.06. The van der Waals surface area contributed by atoms with Gasteiger partial charge in [0.05, 0.1) is 0 Å². The molecule has 0 fully saturated rings. The van der Waals surface area contributed by atoms with Crippen molar-refractivity contribution in [3.05, 3.63) is 119 Å². The van der Waals surface area contributed by atoms with Gasteiger partial charge < -0.3 is 18.9 Å². The van der Waals surface area contributed by atoms with Gasteiger partial charge in [-0.1, -0.05) is 78.9 Å². The van der Waals surface area contributed by atoms with E-state index < -0.39 is 0 Å².